The highest BCUT2D eigenvalue weighted by atomic mass is 35.5. The Morgan fingerprint density at radius 3 is 2.58 bits per heavy atom. The van der Waals surface area contributed by atoms with Gasteiger partial charge in [-0.15, -0.1) is 0 Å². The molecule has 0 radical (unpaired) electrons. The van der Waals surface area contributed by atoms with E-state index in [0.29, 0.717) is 23.6 Å². The van der Waals surface area contributed by atoms with E-state index in [-0.39, 0.29) is 18.0 Å². The summed E-state index contributed by atoms with van der Waals surface area (Å²) in [6.45, 7) is 0.807. The summed E-state index contributed by atoms with van der Waals surface area (Å²) in [6.07, 6.45) is 5.75. The lowest BCUT2D eigenvalue weighted by Gasteiger charge is -2.08. The van der Waals surface area contributed by atoms with Crippen LogP contribution in [0.4, 0.5) is 0 Å². The van der Waals surface area contributed by atoms with E-state index in [4.69, 9.17) is 11.6 Å². The normalized spacial score (nSPS) is 11.1. The zero-order chi connectivity index (χ0) is 25.1. The van der Waals surface area contributed by atoms with Crippen molar-refractivity contribution in [2.24, 2.45) is 7.05 Å². The Hall–Kier alpha value is -4.23. The molecule has 0 saturated carbocycles. The molecule has 8 heteroatoms. The zero-order valence-electron chi connectivity index (χ0n) is 19.7. The van der Waals surface area contributed by atoms with Crippen LogP contribution in [0.15, 0.2) is 90.1 Å². The molecule has 3 aromatic heterocycles. The highest BCUT2D eigenvalue weighted by Crippen LogP contribution is 2.22. The number of amides is 1. The Bertz CT molecular complexity index is 1600. The molecule has 0 bridgehead atoms. The second-order valence-electron chi connectivity index (χ2n) is 8.66. The smallest absolute Gasteiger partial charge is 0.253 e. The van der Waals surface area contributed by atoms with Crippen molar-refractivity contribution >= 4 is 28.4 Å². The average Bonchev–Trinajstić information content (AvgIpc) is 3.19. The highest BCUT2D eigenvalue weighted by molar-refractivity contribution is 6.31. The minimum atomic E-state index is -0.214. The minimum Gasteiger partial charge on any atom is -0.346 e. The number of rotatable bonds is 7. The second-order valence-corrected chi connectivity index (χ2v) is 9.09. The molecule has 2 aromatic carbocycles. The van der Waals surface area contributed by atoms with Crippen molar-refractivity contribution in [3.05, 3.63) is 129 Å². The molecule has 0 aliphatic rings. The first-order chi connectivity index (χ1) is 17.5. The summed E-state index contributed by atoms with van der Waals surface area (Å²) in [5.41, 5.74) is 5.25. The number of halogens is 1. The van der Waals surface area contributed by atoms with E-state index in [0.717, 1.165) is 33.3 Å². The van der Waals surface area contributed by atoms with Crippen LogP contribution in [0.2, 0.25) is 5.02 Å². The molecule has 180 valence electrons. The molecular weight excluding hydrogens is 474 g/mol. The van der Waals surface area contributed by atoms with E-state index in [1.54, 1.807) is 40.0 Å². The summed E-state index contributed by atoms with van der Waals surface area (Å²) in [6, 6.07) is 20.7. The predicted molar refractivity (Wildman–Crippen MR) is 140 cm³/mol. The lowest BCUT2D eigenvalue weighted by molar-refractivity contribution is 0.0950. The van der Waals surface area contributed by atoms with E-state index >= 15 is 0 Å². The fraction of sp³-hybridized carbons (Fsp3) is 0.143. The summed E-state index contributed by atoms with van der Waals surface area (Å²) < 4.78 is 3.45. The molecule has 0 unspecified atom stereocenters. The number of aryl methyl sites for hydroxylation is 1. The first-order valence-corrected chi connectivity index (χ1v) is 11.9. The predicted octanol–water partition coefficient (Wildman–Crippen LogP) is 4.35. The number of hydrogen-bond donors (Lipinski definition) is 1. The number of fused-ring (bicyclic) bond motifs is 1. The Kier molecular flexibility index (Phi) is 6.64. The van der Waals surface area contributed by atoms with Crippen LogP contribution in [0.5, 0.6) is 0 Å². The van der Waals surface area contributed by atoms with E-state index in [1.165, 1.54) is 0 Å². The molecule has 0 spiro atoms. The molecule has 36 heavy (non-hydrogen) atoms. The molecule has 0 saturated heterocycles. The van der Waals surface area contributed by atoms with Crippen LogP contribution < -0.4 is 10.9 Å². The molecule has 0 atom stereocenters. The van der Waals surface area contributed by atoms with Gasteiger partial charge in [0.05, 0.1) is 29.9 Å². The van der Waals surface area contributed by atoms with Crippen LogP contribution in [0.25, 0.3) is 10.9 Å². The minimum absolute atomic E-state index is 0.0252. The number of aromatic nitrogens is 4. The molecule has 1 amide bonds. The van der Waals surface area contributed by atoms with Crippen molar-refractivity contribution in [1.82, 2.24) is 24.6 Å². The number of pyridine rings is 2. The van der Waals surface area contributed by atoms with Crippen LogP contribution >= 0.6 is 11.6 Å². The second kappa shape index (κ2) is 10.2. The van der Waals surface area contributed by atoms with Gasteiger partial charge in [0, 0.05) is 42.1 Å². The molecule has 0 fully saturated rings. The number of carbonyl (C=O) groups is 1. The standard InChI is InChI=1S/C28H24ClN5O2/c1-33-26-10-9-23(29)14-24(26)25(32-33)17-31-28(36)22-13-21(15-30-16-22)12-19-5-7-20(8-6-19)18-34-11-3-2-4-27(34)35/h2-11,13-16H,12,17-18H2,1H3,(H,31,36). The Morgan fingerprint density at radius 1 is 0.972 bits per heavy atom. The monoisotopic (exact) mass is 497 g/mol. The maximum absolute atomic E-state index is 12.8. The van der Waals surface area contributed by atoms with Gasteiger partial charge in [-0.2, -0.15) is 5.10 Å². The third-order valence-corrected chi connectivity index (χ3v) is 6.28. The fourth-order valence-corrected chi connectivity index (χ4v) is 4.37. The molecule has 0 aliphatic carbocycles. The molecule has 5 aromatic rings. The van der Waals surface area contributed by atoms with E-state index in [2.05, 4.69) is 15.4 Å². The van der Waals surface area contributed by atoms with Crippen LogP contribution in [0.1, 0.15) is 32.7 Å². The topological polar surface area (TPSA) is 81.8 Å². The van der Waals surface area contributed by atoms with E-state index < -0.39 is 0 Å². The van der Waals surface area contributed by atoms with Crippen LogP contribution in [-0.2, 0) is 26.6 Å². The van der Waals surface area contributed by atoms with Gasteiger partial charge < -0.3 is 9.88 Å². The van der Waals surface area contributed by atoms with Crippen molar-refractivity contribution in [3.63, 3.8) is 0 Å². The number of benzene rings is 2. The highest BCUT2D eigenvalue weighted by Gasteiger charge is 2.12. The number of nitrogens with zero attached hydrogens (tertiary/aromatic N) is 4. The first kappa shape index (κ1) is 23.5. The summed E-state index contributed by atoms with van der Waals surface area (Å²) in [7, 11) is 1.86. The molecular formula is C28H24ClN5O2. The number of hydrogen-bond acceptors (Lipinski definition) is 4. The fourth-order valence-electron chi connectivity index (χ4n) is 4.20. The number of nitrogens with one attached hydrogen (secondary N) is 1. The van der Waals surface area contributed by atoms with Gasteiger partial charge in [0.15, 0.2) is 0 Å². The van der Waals surface area contributed by atoms with Crippen molar-refractivity contribution in [2.45, 2.75) is 19.5 Å². The third-order valence-electron chi connectivity index (χ3n) is 6.05. The van der Waals surface area contributed by atoms with Gasteiger partial charge in [-0.1, -0.05) is 41.9 Å². The average molecular weight is 498 g/mol. The van der Waals surface area contributed by atoms with Crippen molar-refractivity contribution in [1.29, 1.82) is 0 Å². The zero-order valence-corrected chi connectivity index (χ0v) is 20.4. The SMILES string of the molecule is Cn1nc(CNC(=O)c2cncc(Cc3ccc(Cn4ccccc4=O)cc3)c2)c2cc(Cl)ccc21. The van der Waals surface area contributed by atoms with Crippen molar-refractivity contribution in [3.8, 4) is 0 Å². The van der Waals surface area contributed by atoms with Crippen LogP contribution in [0.3, 0.4) is 0 Å². The quantitative estimate of drug-likeness (QED) is 0.362. The molecule has 1 N–H and O–H groups in total. The molecule has 0 aliphatic heterocycles. The lowest BCUT2D eigenvalue weighted by Crippen LogP contribution is -2.23. The molecule has 3 heterocycles. The van der Waals surface area contributed by atoms with Gasteiger partial charge in [0.25, 0.3) is 11.5 Å². The van der Waals surface area contributed by atoms with Gasteiger partial charge in [-0.25, -0.2) is 0 Å². The molecule has 5 rings (SSSR count). The summed E-state index contributed by atoms with van der Waals surface area (Å²) in [5, 5.41) is 9.00. The third kappa shape index (κ3) is 5.21. The van der Waals surface area contributed by atoms with Gasteiger partial charge in [-0.05, 0) is 53.4 Å². The summed E-state index contributed by atoms with van der Waals surface area (Å²) in [5.74, 6) is -0.214. The van der Waals surface area contributed by atoms with Crippen LogP contribution in [0, 0.1) is 0 Å². The summed E-state index contributed by atoms with van der Waals surface area (Å²) in [4.78, 5) is 29.0. The Morgan fingerprint density at radius 2 is 1.78 bits per heavy atom. The maximum atomic E-state index is 12.8. The van der Waals surface area contributed by atoms with Crippen LogP contribution in [-0.4, -0.2) is 25.2 Å². The Balaban J connectivity index is 1.24. The first-order valence-electron chi connectivity index (χ1n) is 11.5. The Labute approximate surface area is 213 Å². The van der Waals surface area contributed by atoms with Gasteiger partial charge in [0.1, 0.15) is 0 Å². The van der Waals surface area contributed by atoms with E-state index in [9.17, 15) is 9.59 Å². The van der Waals surface area contributed by atoms with Gasteiger partial charge in [-0.3, -0.25) is 19.3 Å². The van der Waals surface area contributed by atoms with Crippen molar-refractivity contribution in [2.75, 3.05) is 0 Å². The van der Waals surface area contributed by atoms with E-state index in [1.807, 2.05) is 61.6 Å². The molecule has 7 nitrogen and oxygen atoms in total. The summed E-state index contributed by atoms with van der Waals surface area (Å²) >= 11 is 6.15. The van der Waals surface area contributed by atoms with Gasteiger partial charge in [0.2, 0.25) is 0 Å². The van der Waals surface area contributed by atoms with Gasteiger partial charge >= 0.3 is 0 Å². The lowest BCUT2D eigenvalue weighted by atomic mass is 10.0. The largest absolute Gasteiger partial charge is 0.346 e. The van der Waals surface area contributed by atoms with Crippen molar-refractivity contribution < 1.29 is 4.79 Å². The maximum Gasteiger partial charge on any atom is 0.253 e. The number of carbonyl (C=O) groups excluding carboxylic acids is 1.